The Morgan fingerprint density at radius 3 is 2.85 bits per heavy atom. The Kier molecular flexibility index (Phi) is 3.50. The molecule has 1 aliphatic heterocycles. The van der Waals surface area contributed by atoms with E-state index in [0.29, 0.717) is 11.7 Å². The van der Waals surface area contributed by atoms with Crippen LogP contribution in [0.2, 0.25) is 0 Å². The quantitative estimate of drug-likeness (QED) is 0.842. The highest BCUT2D eigenvalue weighted by Gasteiger charge is 2.30. The SMILES string of the molecule is CC(=O)N1CCCC[C@@H]1c1nc(-c2ccccc2)no1. The molecule has 0 N–H and O–H groups in total. The fraction of sp³-hybridized carbons (Fsp3) is 0.400. The standard InChI is InChI=1S/C15H17N3O2/c1-11(19)18-10-6-5-9-13(18)15-16-14(17-20-15)12-7-3-2-4-8-12/h2-4,7-8,13H,5-6,9-10H2,1H3/t13-/m1/s1. The molecule has 0 unspecified atom stereocenters. The monoisotopic (exact) mass is 271 g/mol. The van der Waals surface area contributed by atoms with Gasteiger partial charge < -0.3 is 9.42 Å². The lowest BCUT2D eigenvalue weighted by atomic mass is 10.0. The minimum absolute atomic E-state index is 0.0640. The summed E-state index contributed by atoms with van der Waals surface area (Å²) in [6.45, 7) is 2.36. The van der Waals surface area contributed by atoms with Crippen molar-refractivity contribution in [1.82, 2.24) is 15.0 Å². The molecule has 3 rings (SSSR count). The number of carbonyl (C=O) groups is 1. The van der Waals surface area contributed by atoms with Crippen LogP contribution in [0, 0.1) is 0 Å². The Balaban J connectivity index is 1.87. The molecular weight excluding hydrogens is 254 g/mol. The summed E-state index contributed by atoms with van der Waals surface area (Å²) < 4.78 is 5.38. The van der Waals surface area contributed by atoms with Crippen LogP contribution in [0.15, 0.2) is 34.9 Å². The fourth-order valence-electron chi connectivity index (χ4n) is 2.64. The second-order valence-electron chi connectivity index (χ2n) is 5.05. The maximum Gasteiger partial charge on any atom is 0.249 e. The first-order chi connectivity index (χ1) is 9.75. The van der Waals surface area contributed by atoms with Crippen molar-refractivity contribution in [2.75, 3.05) is 6.54 Å². The zero-order valence-corrected chi connectivity index (χ0v) is 11.5. The van der Waals surface area contributed by atoms with Gasteiger partial charge >= 0.3 is 0 Å². The summed E-state index contributed by atoms with van der Waals surface area (Å²) in [5.74, 6) is 1.18. The van der Waals surface area contributed by atoms with E-state index >= 15 is 0 Å². The Bertz CT molecular complexity index is 594. The zero-order chi connectivity index (χ0) is 13.9. The molecule has 5 heteroatoms. The second kappa shape index (κ2) is 5.45. The molecule has 5 nitrogen and oxygen atoms in total. The van der Waals surface area contributed by atoms with Gasteiger partial charge in [-0.05, 0) is 19.3 Å². The number of likely N-dealkylation sites (tertiary alicyclic amines) is 1. The summed E-state index contributed by atoms with van der Waals surface area (Å²) in [5, 5.41) is 4.03. The summed E-state index contributed by atoms with van der Waals surface area (Å²) in [4.78, 5) is 18.0. The number of nitrogens with zero attached hydrogens (tertiary/aromatic N) is 3. The van der Waals surface area contributed by atoms with E-state index in [4.69, 9.17) is 4.52 Å². The minimum Gasteiger partial charge on any atom is -0.337 e. The van der Waals surface area contributed by atoms with Gasteiger partial charge in [-0.25, -0.2) is 0 Å². The van der Waals surface area contributed by atoms with Gasteiger partial charge in [0.05, 0.1) is 0 Å². The number of piperidine rings is 1. The fourth-order valence-corrected chi connectivity index (χ4v) is 2.64. The van der Waals surface area contributed by atoms with Crippen LogP contribution in [-0.4, -0.2) is 27.5 Å². The van der Waals surface area contributed by atoms with E-state index in [0.717, 1.165) is 31.4 Å². The van der Waals surface area contributed by atoms with Gasteiger partial charge in [0.15, 0.2) is 0 Å². The van der Waals surface area contributed by atoms with Gasteiger partial charge in [0.2, 0.25) is 17.6 Å². The van der Waals surface area contributed by atoms with E-state index in [1.165, 1.54) is 0 Å². The molecule has 0 spiro atoms. The average Bonchev–Trinajstić information content (AvgIpc) is 2.98. The van der Waals surface area contributed by atoms with Crippen molar-refractivity contribution in [3.05, 3.63) is 36.2 Å². The van der Waals surface area contributed by atoms with Crippen LogP contribution in [0.1, 0.15) is 38.1 Å². The molecule has 1 aliphatic rings. The van der Waals surface area contributed by atoms with Crippen molar-refractivity contribution >= 4 is 5.91 Å². The van der Waals surface area contributed by atoms with E-state index in [9.17, 15) is 4.79 Å². The largest absolute Gasteiger partial charge is 0.337 e. The van der Waals surface area contributed by atoms with Crippen LogP contribution < -0.4 is 0 Å². The van der Waals surface area contributed by atoms with Crippen molar-refractivity contribution in [3.8, 4) is 11.4 Å². The molecule has 0 bridgehead atoms. The summed E-state index contributed by atoms with van der Waals surface area (Å²) in [5.41, 5.74) is 0.924. The highest BCUT2D eigenvalue weighted by molar-refractivity contribution is 5.73. The molecule has 2 aromatic rings. The van der Waals surface area contributed by atoms with E-state index in [1.807, 2.05) is 35.2 Å². The van der Waals surface area contributed by atoms with Gasteiger partial charge in [0, 0.05) is 19.0 Å². The number of amides is 1. The van der Waals surface area contributed by atoms with Crippen molar-refractivity contribution < 1.29 is 9.32 Å². The Labute approximate surface area is 117 Å². The Morgan fingerprint density at radius 1 is 1.30 bits per heavy atom. The molecule has 20 heavy (non-hydrogen) atoms. The highest BCUT2D eigenvalue weighted by atomic mass is 16.5. The first-order valence-corrected chi connectivity index (χ1v) is 6.92. The normalized spacial score (nSPS) is 19.1. The van der Waals surface area contributed by atoms with Crippen LogP contribution in [0.5, 0.6) is 0 Å². The zero-order valence-electron chi connectivity index (χ0n) is 11.5. The number of hydrogen-bond acceptors (Lipinski definition) is 4. The van der Waals surface area contributed by atoms with E-state index in [1.54, 1.807) is 6.92 Å². The molecule has 1 amide bonds. The number of carbonyl (C=O) groups excluding carboxylic acids is 1. The maximum absolute atomic E-state index is 11.7. The molecule has 104 valence electrons. The third kappa shape index (κ3) is 2.43. The minimum atomic E-state index is -0.0776. The van der Waals surface area contributed by atoms with Gasteiger partial charge in [-0.3, -0.25) is 4.79 Å². The van der Waals surface area contributed by atoms with Crippen molar-refractivity contribution in [2.45, 2.75) is 32.2 Å². The second-order valence-corrected chi connectivity index (χ2v) is 5.05. The van der Waals surface area contributed by atoms with E-state index < -0.39 is 0 Å². The smallest absolute Gasteiger partial charge is 0.249 e. The van der Waals surface area contributed by atoms with Crippen molar-refractivity contribution in [1.29, 1.82) is 0 Å². The molecule has 1 saturated heterocycles. The Morgan fingerprint density at radius 2 is 2.10 bits per heavy atom. The van der Waals surface area contributed by atoms with E-state index in [-0.39, 0.29) is 11.9 Å². The lowest BCUT2D eigenvalue weighted by Crippen LogP contribution is -2.37. The van der Waals surface area contributed by atoms with Crippen LogP contribution in [-0.2, 0) is 4.79 Å². The number of benzene rings is 1. The van der Waals surface area contributed by atoms with Crippen LogP contribution in [0.4, 0.5) is 0 Å². The summed E-state index contributed by atoms with van der Waals surface area (Å²) >= 11 is 0. The third-order valence-corrected chi connectivity index (χ3v) is 3.67. The molecule has 1 atom stereocenters. The molecule has 1 aromatic carbocycles. The predicted octanol–water partition coefficient (Wildman–Crippen LogP) is 2.81. The Hall–Kier alpha value is -2.17. The van der Waals surface area contributed by atoms with Crippen molar-refractivity contribution in [2.24, 2.45) is 0 Å². The van der Waals surface area contributed by atoms with Crippen LogP contribution >= 0.6 is 0 Å². The topological polar surface area (TPSA) is 59.2 Å². The summed E-state index contributed by atoms with van der Waals surface area (Å²) in [6.07, 6.45) is 3.00. The highest BCUT2D eigenvalue weighted by Crippen LogP contribution is 2.30. The maximum atomic E-state index is 11.7. The van der Waals surface area contributed by atoms with Gasteiger partial charge in [0.1, 0.15) is 6.04 Å². The number of aromatic nitrogens is 2. The first-order valence-electron chi connectivity index (χ1n) is 6.92. The molecule has 1 fully saturated rings. The predicted molar refractivity (Wildman–Crippen MR) is 73.7 cm³/mol. The molecule has 1 aromatic heterocycles. The lowest BCUT2D eigenvalue weighted by Gasteiger charge is -2.32. The van der Waals surface area contributed by atoms with Gasteiger partial charge in [-0.15, -0.1) is 0 Å². The molecule has 0 aliphatic carbocycles. The van der Waals surface area contributed by atoms with Gasteiger partial charge in [-0.1, -0.05) is 35.5 Å². The molecule has 0 radical (unpaired) electrons. The van der Waals surface area contributed by atoms with Gasteiger partial charge in [0.25, 0.3) is 0 Å². The first kappa shape index (κ1) is 12.8. The van der Waals surface area contributed by atoms with Crippen molar-refractivity contribution in [3.63, 3.8) is 0 Å². The summed E-state index contributed by atoms with van der Waals surface area (Å²) in [6, 6.07) is 9.63. The molecule has 2 heterocycles. The van der Waals surface area contributed by atoms with Crippen LogP contribution in [0.3, 0.4) is 0 Å². The average molecular weight is 271 g/mol. The van der Waals surface area contributed by atoms with E-state index in [2.05, 4.69) is 10.1 Å². The van der Waals surface area contributed by atoms with Gasteiger partial charge in [-0.2, -0.15) is 4.98 Å². The van der Waals surface area contributed by atoms with Crippen LogP contribution in [0.25, 0.3) is 11.4 Å². The molecule has 0 saturated carbocycles. The lowest BCUT2D eigenvalue weighted by molar-refractivity contribution is -0.133. The summed E-state index contributed by atoms with van der Waals surface area (Å²) in [7, 11) is 0. The number of hydrogen-bond donors (Lipinski definition) is 0. The molecular formula is C15H17N3O2. The third-order valence-electron chi connectivity index (χ3n) is 3.67. The number of rotatable bonds is 2.